The van der Waals surface area contributed by atoms with E-state index in [0.29, 0.717) is 0 Å². The molecule has 4 fully saturated rings. The van der Waals surface area contributed by atoms with Crippen LogP contribution < -0.4 is 0 Å². The highest BCUT2D eigenvalue weighted by atomic mass is 35.6. The number of ether oxygens (including phenoxy) is 7. The number of ketones is 1. The van der Waals surface area contributed by atoms with Gasteiger partial charge in [0.2, 0.25) is 11.4 Å². The smallest absolute Gasteiger partial charge is 0.458 e. The van der Waals surface area contributed by atoms with Crippen LogP contribution in [0.4, 0.5) is 4.79 Å². The van der Waals surface area contributed by atoms with Crippen molar-refractivity contribution in [2.75, 3.05) is 6.61 Å². The van der Waals surface area contributed by atoms with E-state index >= 15 is 4.79 Å². The number of esters is 4. The van der Waals surface area contributed by atoms with E-state index in [4.69, 9.17) is 103 Å². The highest BCUT2D eigenvalue weighted by Crippen LogP contribution is 2.67. The average molecular weight is 877 g/mol. The number of aliphatic hydroxyl groups is 1. The van der Waals surface area contributed by atoms with E-state index in [1.165, 1.54) is 39.8 Å². The molecule has 0 amide bonds. The van der Waals surface area contributed by atoms with Gasteiger partial charge in [-0.05, 0) is 24.6 Å². The minimum Gasteiger partial charge on any atom is -0.458 e. The van der Waals surface area contributed by atoms with Crippen LogP contribution in [0.1, 0.15) is 51.4 Å². The highest BCUT2D eigenvalue weighted by Gasteiger charge is 2.83. The maximum Gasteiger partial charge on any atom is 0.509 e. The normalized spacial score (nSPS) is 36.7. The summed E-state index contributed by atoms with van der Waals surface area (Å²) in [6.45, 7) is 6.27. The fraction of sp³-hybridized carbons (Fsp3) is 0.588. The van der Waals surface area contributed by atoms with Crippen LogP contribution in [0.25, 0.3) is 0 Å². The summed E-state index contributed by atoms with van der Waals surface area (Å²) >= 11 is 35.6. The molecule has 54 heavy (non-hydrogen) atoms. The zero-order valence-corrected chi connectivity index (χ0v) is 33.4. The standard InChI is InChI=1S/C34H32Cl6O14/c1-13-18-20(50-27(46)34(38,39)40)22(43)30(5)16(49-26(45)33(35,36)37)11-17-31(12-48-17,53-14(2)41)21(30)24(51-25(44)15-9-7-6-8-10-15)32(29(18,3)4)23(19(13)42)52-28(47)54-32/h6-10,13,16-17,19,21,23-24,42H,11-12H2,1-5H3/t13?,16-,17?,19+,21-,23-,24-,30+,31-,32+/m0/s1. The molecule has 2 saturated carbocycles. The molecule has 1 aromatic carbocycles. The molecule has 2 unspecified atom stereocenters. The monoisotopic (exact) mass is 874 g/mol. The van der Waals surface area contributed by atoms with E-state index < -0.39 is 127 Å². The van der Waals surface area contributed by atoms with E-state index in [2.05, 4.69) is 0 Å². The van der Waals surface area contributed by atoms with E-state index in [-0.39, 0.29) is 11.1 Å². The van der Waals surface area contributed by atoms with Crippen LogP contribution in [0, 0.1) is 22.7 Å². The van der Waals surface area contributed by atoms with E-state index in [9.17, 15) is 29.1 Å². The summed E-state index contributed by atoms with van der Waals surface area (Å²) in [5, 5.41) is 12.0. The first-order chi connectivity index (χ1) is 24.9. The first kappa shape index (κ1) is 41.1. The second-order valence-electron chi connectivity index (χ2n) is 14.5. The van der Waals surface area contributed by atoms with Crippen molar-refractivity contribution < 1.29 is 67.0 Å². The number of allylic oxidation sites excluding steroid dienone is 1. The first-order valence-corrected chi connectivity index (χ1v) is 18.6. The molecule has 6 rings (SSSR count). The van der Waals surface area contributed by atoms with E-state index in [0.717, 1.165) is 6.92 Å². The van der Waals surface area contributed by atoms with Gasteiger partial charge in [-0.2, -0.15) is 0 Å². The number of Topliss-reactive ketones (excluding diaryl/α,β-unsaturated/α-hetero) is 1. The number of alkyl halides is 6. The molecule has 1 N–H and O–H groups in total. The maximum absolute atomic E-state index is 15.7. The number of hydrogen-bond donors (Lipinski definition) is 1. The molecule has 294 valence electrons. The number of rotatable bonds is 5. The van der Waals surface area contributed by atoms with Crippen molar-refractivity contribution in [2.45, 2.75) is 90.3 Å². The molecule has 5 aliphatic rings. The molecule has 14 nitrogen and oxygen atoms in total. The largest absolute Gasteiger partial charge is 0.509 e. The number of hydrogen-bond acceptors (Lipinski definition) is 14. The van der Waals surface area contributed by atoms with Gasteiger partial charge >= 0.3 is 30.0 Å². The molecule has 10 atom stereocenters. The average Bonchev–Trinajstić information content (AvgIpc) is 3.43. The molecular weight excluding hydrogens is 845 g/mol. The minimum atomic E-state index is -2.77. The van der Waals surface area contributed by atoms with Crippen LogP contribution in [0.15, 0.2) is 41.7 Å². The van der Waals surface area contributed by atoms with E-state index in [1.54, 1.807) is 18.2 Å². The molecule has 2 saturated heterocycles. The lowest BCUT2D eigenvalue weighted by molar-refractivity contribution is -0.345. The van der Waals surface area contributed by atoms with Crippen molar-refractivity contribution in [3.8, 4) is 0 Å². The van der Waals surface area contributed by atoms with Gasteiger partial charge in [0.1, 0.15) is 18.3 Å². The topological polar surface area (TPSA) is 187 Å². The SMILES string of the molecule is CC(=O)O[C@@]12COC1C[C@H](OC(=O)C(Cl)(Cl)Cl)[C@@]1(C)C(=O)C(OC(=O)C(Cl)(Cl)Cl)=C3C(C)[C@@H](O)[C@@H]4OC(=O)O[C@]4([C@@H](OC(=O)c4ccccc4)[C@@H]12)C3(C)C. The van der Waals surface area contributed by atoms with Crippen molar-refractivity contribution in [1.29, 1.82) is 0 Å². The predicted octanol–water partition coefficient (Wildman–Crippen LogP) is 5.28. The van der Waals surface area contributed by atoms with Gasteiger partial charge in [-0.3, -0.25) is 9.59 Å². The zero-order chi connectivity index (χ0) is 40.1. The van der Waals surface area contributed by atoms with Gasteiger partial charge in [0.25, 0.3) is 7.59 Å². The third-order valence-electron chi connectivity index (χ3n) is 11.3. The minimum absolute atomic E-state index is 0.000638. The fourth-order valence-corrected chi connectivity index (χ4v) is 9.25. The van der Waals surface area contributed by atoms with Crippen LogP contribution in [-0.4, -0.2) is 96.8 Å². The van der Waals surface area contributed by atoms with E-state index in [1.807, 2.05) is 0 Å². The quantitative estimate of drug-likeness (QED) is 0.229. The van der Waals surface area contributed by atoms with Crippen molar-refractivity contribution >= 4 is 105 Å². The third kappa shape index (κ3) is 6.05. The maximum atomic E-state index is 15.7. The molecule has 1 spiro atoms. The molecule has 1 aromatic rings. The Morgan fingerprint density at radius 1 is 0.926 bits per heavy atom. The second-order valence-corrected chi connectivity index (χ2v) is 19.0. The Morgan fingerprint density at radius 2 is 1.54 bits per heavy atom. The lowest BCUT2D eigenvalue weighted by Gasteiger charge is -2.67. The Balaban J connectivity index is 1.76. The molecule has 0 aromatic heterocycles. The summed E-state index contributed by atoms with van der Waals surface area (Å²) in [6.07, 6.45) is -10.0. The molecule has 2 aliphatic heterocycles. The number of carbonyl (C=O) groups is 6. The summed E-state index contributed by atoms with van der Waals surface area (Å²) in [6, 6.07) is 7.59. The molecule has 2 bridgehead atoms. The zero-order valence-electron chi connectivity index (χ0n) is 28.9. The fourth-order valence-electron chi connectivity index (χ4n) is 9.00. The number of fused-ring (bicyclic) bond motifs is 4. The van der Waals surface area contributed by atoms with Crippen molar-refractivity contribution in [3.63, 3.8) is 0 Å². The van der Waals surface area contributed by atoms with Gasteiger partial charge in [-0.15, -0.1) is 0 Å². The molecular formula is C34H32Cl6O14. The van der Waals surface area contributed by atoms with Crippen LogP contribution in [0.2, 0.25) is 0 Å². The molecule has 20 heteroatoms. The van der Waals surface area contributed by atoms with Crippen LogP contribution >= 0.6 is 69.6 Å². The highest BCUT2D eigenvalue weighted by molar-refractivity contribution is 6.76. The summed E-state index contributed by atoms with van der Waals surface area (Å²) in [7, 11) is 0. The Bertz CT molecular complexity index is 1840. The first-order valence-electron chi connectivity index (χ1n) is 16.4. The number of aliphatic hydroxyl groups excluding tert-OH is 1. The van der Waals surface area contributed by atoms with Gasteiger partial charge in [0.05, 0.1) is 23.5 Å². The molecule has 3 aliphatic carbocycles. The summed E-state index contributed by atoms with van der Waals surface area (Å²) in [5.74, 6) is -9.83. The van der Waals surface area contributed by atoms with Crippen LogP contribution in [-0.2, 0) is 52.3 Å². The van der Waals surface area contributed by atoms with Gasteiger partial charge in [-0.25, -0.2) is 19.2 Å². The number of halogens is 6. The lowest BCUT2D eigenvalue weighted by atomic mass is 9.44. The molecule has 2 heterocycles. The Labute approximate surface area is 337 Å². The van der Waals surface area contributed by atoms with Crippen LogP contribution in [0.3, 0.4) is 0 Å². The Hall–Kier alpha value is -2.56. The summed E-state index contributed by atoms with van der Waals surface area (Å²) < 4.78 is 36.0. The van der Waals surface area contributed by atoms with Gasteiger partial charge < -0.3 is 38.3 Å². The van der Waals surface area contributed by atoms with Crippen molar-refractivity contribution in [2.24, 2.45) is 22.7 Å². The Morgan fingerprint density at radius 3 is 2.07 bits per heavy atom. The number of benzene rings is 1. The molecule has 0 radical (unpaired) electrons. The van der Waals surface area contributed by atoms with Gasteiger partial charge in [-0.1, -0.05) is 109 Å². The number of carbonyl (C=O) groups excluding carboxylic acids is 6. The Kier molecular flexibility index (Phi) is 10.3. The summed E-state index contributed by atoms with van der Waals surface area (Å²) in [5.41, 5.74) is -8.63. The third-order valence-corrected chi connectivity index (χ3v) is 12.2. The lowest BCUT2D eigenvalue weighted by Crippen LogP contribution is -2.83. The predicted molar refractivity (Wildman–Crippen MR) is 188 cm³/mol. The summed E-state index contributed by atoms with van der Waals surface area (Å²) in [4.78, 5) is 83.1. The van der Waals surface area contributed by atoms with Gasteiger partial charge in [0.15, 0.2) is 23.6 Å². The van der Waals surface area contributed by atoms with Crippen molar-refractivity contribution in [1.82, 2.24) is 0 Å². The van der Waals surface area contributed by atoms with Crippen LogP contribution in [0.5, 0.6) is 0 Å². The second kappa shape index (κ2) is 13.5. The van der Waals surface area contributed by atoms with Gasteiger partial charge in [0, 0.05) is 24.7 Å². The van der Waals surface area contributed by atoms with Crippen molar-refractivity contribution in [3.05, 3.63) is 47.2 Å².